The summed E-state index contributed by atoms with van der Waals surface area (Å²) in [6.07, 6.45) is 1.22. The molecule has 0 fully saturated rings. The Hall–Kier alpha value is -3.08. The number of carbonyl (C=O) groups is 2. The maximum Gasteiger partial charge on any atom is 0.414 e. The van der Waals surface area contributed by atoms with Crippen LogP contribution in [0.1, 0.15) is 21.5 Å². The van der Waals surface area contributed by atoms with Gasteiger partial charge in [-0.2, -0.15) is 0 Å². The number of ether oxygens (including phenoxy) is 2. The van der Waals surface area contributed by atoms with Gasteiger partial charge in [0.05, 0.1) is 5.56 Å². The first-order valence-corrected chi connectivity index (χ1v) is 7.48. The second-order valence-corrected chi connectivity index (χ2v) is 5.77. The lowest BCUT2D eigenvalue weighted by Crippen LogP contribution is -2.25. The summed E-state index contributed by atoms with van der Waals surface area (Å²) in [6.45, 7) is 1.99. The maximum atomic E-state index is 12.4. The lowest BCUT2D eigenvalue weighted by atomic mass is 10.1. The fourth-order valence-electron chi connectivity index (χ4n) is 2.33. The van der Waals surface area contributed by atoms with Crippen LogP contribution in [0.2, 0.25) is 0 Å². The smallest absolute Gasteiger partial charge is 0.414 e. The van der Waals surface area contributed by atoms with E-state index < -0.39 is 6.09 Å². The van der Waals surface area contributed by atoms with Crippen LogP contribution in [0.4, 0.5) is 4.79 Å². The van der Waals surface area contributed by atoms with Gasteiger partial charge >= 0.3 is 6.09 Å². The van der Waals surface area contributed by atoms with Crippen LogP contribution in [0.25, 0.3) is 6.08 Å². The zero-order chi connectivity index (χ0) is 17.3. The van der Waals surface area contributed by atoms with Gasteiger partial charge < -0.3 is 14.4 Å². The molecule has 0 aliphatic carbocycles. The van der Waals surface area contributed by atoms with Crippen molar-refractivity contribution in [2.24, 2.45) is 0 Å². The third-order valence-electron chi connectivity index (χ3n) is 3.55. The number of allylic oxidation sites excluding steroid dienone is 1. The molecule has 0 spiro atoms. The third-order valence-corrected chi connectivity index (χ3v) is 3.55. The van der Waals surface area contributed by atoms with E-state index in [-0.39, 0.29) is 11.5 Å². The standard InChI is InChI=1S/C19H17NO4/c1-12-5-4-6-13(9-12)10-17-18(21)15-8-7-14(11-16(15)24-17)23-19(22)20(2)3/h4-11H,1-3H3. The summed E-state index contributed by atoms with van der Waals surface area (Å²) in [7, 11) is 3.19. The molecule has 1 amide bonds. The minimum absolute atomic E-state index is 0.183. The molecule has 5 nitrogen and oxygen atoms in total. The number of hydrogen-bond acceptors (Lipinski definition) is 4. The SMILES string of the molecule is Cc1cccc(C=C2Oc3cc(OC(=O)N(C)C)ccc3C2=O)c1. The third kappa shape index (κ3) is 3.15. The van der Waals surface area contributed by atoms with Gasteiger partial charge in [0.25, 0.3) is 0 Å². The first kappa shape index (κ1) is 15.8. The highest BCUT2D eigenvalue weighted by Crippen LogP contribution is 2.35. The van der Waals surface area contributed by atoms with Crippen LogP contribution in [-0.2, 0) is 0 Å². The largest absolute Gasteiger partial charge is 0.452 e. The molecule has 0 saturated heterocycles. The number of benzene rings is 2. The van der Waals surface area contributed by atoms with E-state index in [0.29, 0.717) is 17.1 Å². The van der Waals surface area contributed by atoms with E-state index in [1.165, 1.54) is 4.90 Å². The van der Waals surface area contributed by atoms with Gasteiger partial charge in [0.1, 0.15) is 11.5 Å². The molecule has 5 heteroatoms. The van der Waals surface area contributed by atoms with E-state index in [2.05, 4.69) is 0 Å². The molecule has 122 valence electrons. The van der Waals surface area contributed by atoms with Crippen LogP contribution in [0.5, 0.6) is 11.5 Å². The van der Waals surface area contributed by atoms with E-state index in [9.17, 15) is 9.59 Å². The lowest BCUT2D eigenvalue weighted by molar-refractivity contribution is 0.101. The van der Waals surface area contributed by atoms with Crippen molar-refractivity contribution in [2.75, 3.05) is 14.1 Å². The topological polar surface area (TPSA) is 55.8 Å². The molecule has 0 N–H and O–H groups in total. The molecule has 1 aliphatic rings. The van der Waals surface area contributed by atoms with Crippen molar-refractivity contribution in [3.63, 3.8) is 0 Å². The van der Waals surface area contributed by atoms with Gasteiger partial charge in [0, 0.05) is 20.2 Å². The van der Waals surface area contributed by atoms with Crippen LogP contribution < -0.4 is 9.47 Å². The van der Waals surface area contributed by atoms with Crippen LogP contribution >= 0.6 is 0 Å². The highest BCUT2D eigenvalue weighted by molar-refractivity contribution is 6.14. The number of Topliss-reactive ketones (excluding diaryl/α,β-unsaturated/α-hetero) is 1. The Bertz CT molecular complexity index is 852. The summed E-state index contributed by atoms with van der Waals surface area (Å²) in [5.74, 6) is 0.795. The van der Waals surface area contributed by atoms with E-state index >= 15 is 0 Å². The van der Waals surface area contributed by atoms with Crippen molar-refractivity contribution in [2.45, 2.75) is 6.92 Å². The zero-order valence-electron chi connectivity index (χ0n) is 13.7. The second-order valence-electron chi connectivity index (χ2n) is 5.77. The lowest BCUT2D eigenvalue weighted by Gasteiger charge is -2.10. The van der Waals surface area contributed by atoms with Gasteiger partial charge in [0.2, 0.25) is 5.78 Å². The Morgan fingerprint density at radius 1 is 1.17 bits per heavy atom. The van der Waals surface area contributed by atoms with Gasteiger partial charge in [-0.05, 0) is 30.7 Å². The highest BCUT2D eigenvalue weighted by Gasteiger charge is 2.28. The van der Waals surface area contributed by atoms with Gasteiger partial charge in [-0.25, -0.2) is 4.79 Å². The van der Waals surface area contributed by atoms with E-state index in [0.717, 1.165) is 11.1 Å². The predicted octanol–water partition coefficient (Wildman–Crippen LogP) is 3.67. The molecule has 1 aliphatic heterocycles. The van der Waals surface area contributed by atoms with Crippen molar-refractivity contribution >= 4 is 18.0 Å². The molecule has 3 rings (SSSR count). The van der Waals surface area contributed by atoms with Crippen molar-refractivity contribution in [3.8, 4) is 11.5 Å². The maximum absolute atomic E-state index is 12.4. The number of aryl methyl sites for hydroxylation is 1. The molecule has 0 radical (unpaired) electrons. The predicted molar refractivity (Wildman–Crippen MR) is 90.3 cm³/mol. The van der Waals surface area contributed by atoms with Crippen molar-refractivity contribution in [1.29, 1.82) is 0 Å². The summed E-state index contributed by atoms with van der Waals surface area (Å²) in [5.41, 5.74) is 2.45. The zero-order valence-corrected chi connectivity index (χ0v) is 13.7. The molecule has 0 aromatic heterocycles. The Balaban J connectivity index is 1.86. The van der Waals surface area contributed by atoms with Crippen LogP contribution in [0, 0.1) is 6.92 Å². The Kier molecular flexibility index (Phi) is 4.08. The van der Waals surface area contributed by atoms with Gasteiger partial charge in [-0.15, -0.1) is 0 Å². The number of fused-ring (bicyclic) bond motifs is 1. The Morgan fingerprint density at radius 2 is 1.96 bits per heavy atom. The first-order valence-electron chi connectivity index (χ1n) is 7.48. The van der Waals surface area contributed by atoms with Crippen LogP contribution in [0.3, 0.4) is 0 Å². The van der Waals surface area contributed by atoms with E-state index in [1.54, 1.807) is 38.4 Å². The van der Waals surface area contributed by atoms with Crippen molar-refractivity contribution in [1.82, 2.24) is 4.90 Å². The normalized spacial score (nSPS) is 14.3. The number of hydrogen-bond donors (Lipinski definition) is 0. The minimum Gasteiger partial charge on any atom is -0.452 e. The average Bonchev–Trinajstić information content (AvgIpc) is 2.83. The van der Waals surface area contributed by atoms with Crippen LogP contribution in [-0.4, -0.2) is 30.9 Å². The Labute approximate surface area is 140 Å². The summed E-state index contributed by atoms with van der Waals surface area (Å²) in [5, 5.41) is 0. The number of ketones is 1. The summed E-state index contributed by atoms with van der Waals surface area (Å²) >= 11 is 0. The highest BCUT2D eigenvalue weighted by atomic mass is 16.6. The molecule has 24 heavy (non-hydrogen) atoms. The Morgan fingerprint density at radius 3 is 2.67 bits per heavy atom. The van der Waals surface area contributed by atoms with E-state index in [1.807, 2.05) is 31.2 Å². The first-order chi connectivity index (χ1) is 11.4. The molecular formula is C19H17NO4. The van der Waals surface area contributed by atoms with Crippen molar-refractivity contribution in [3.05, 3.63) is 64.9 Å². The molecule has 2 aromatic carbocycles. The molecule has 2 aromatic rings. The number of carbonyl (C=O) groups excluding carboxylic acids is 2. The monoisotopic (exact) mass is 323 g/mol. The molecular weight excluding hydrogens is 306 g/mol. The second kappa shape index (κ2) is 6.20. The summed E-state index contributed by atoms with van der Waals surface area (Å²) in [4.78, 5) is 25.3. The summed E-state index contributed by atoms with van der Waals surface area (Å²) < 4.78 is 10.8. The molecule has 1 heterocycles. The average molecular weight is 323 g/mol. The quantitative estimate of drug-likeness (QED) is 0.791. The molecule has 0 saturated carbocycles. The van der Waals surface area contributed by atoms with Gasteiger partial charge in [-0.3, -0.25) is 4.79 Å². The van der Waals surface area contributed by atoms with Crippen molar-refractivity contribution < 1.29 is 19.1 Å². The van der Waals surface area contributed by atoms with Gasteiger partial charge in [-0.1, -0.05) is 29.8 Å². The van der Waals surface area contributed by atoms with E-state index in [4.69, 9.17) is 9.47 Å². The molecule has 0 unspecified atom stereocenters. The number of rotatable bonds is 2. The van der Waals surface area contributed by atoms with Crippen LogP contribution in [0.15, 0.2) is 48.2 Å². The minimum atomic E-state index is -0.491. The summed E-state index contributed by atoms with van der Waals surface area (Å²) in [6, 6.07) is 12.5. The number of nitrogens with zero attached hydrogens (tertiary/aromatic N) is 1. The molecule has 0 atom stereocenters. The fourth-order valence-corrected chi connectivity index (χ4v) is 2.33. The molecule has 0 bridgehead atoms. The van der Waals surface area contributed by atoms with Gasteiger partial charge in [0.15, 0.2) is 5.76 Å². The number of amides is 1. The fraction of sp³-hybridized carbons (Fsp3) is 0.158.